The minimum atomic E-state index is 0.226. The SMILES string of the molecule is CCC1(c2nc3ccncc3[nH]2)CCNCC1. The number of rotatable bonds is 2. The Morgan fingerprint density at radius 1 is 1.35 bits per heavy atom. The maximum Gasteiger partial charge on any atom is 0.113 e. The average Bonchev–Trinajstić information content (AvgIpc) is 2.84. The van der Waals surface area contributed by atoms with Crippen molar-refractivity contribution in [1.82, 2.24) is 20.3 Å². The molecule has 0 aromatic carbocycles. The summed E-state index contributed by atoms with van der Waals surface area (Å²) >= 11 is 0. The highest BCUT2D eigenvalue weighted by atomic mass is 15.0. The molecule has 1 aliphatic rings. The average molecular weight is 230 g/mol. The molecule has 0 unspecified atom stereocenters. The summed E-state index contributed by atoms with van der Waals surface area (Å²) in [5.74, 6) is 1.14. The van der Waals surface area contributed by atoms with Gasteiger partial charge in [-0.05, 0) is 38.4 Å². The second kappa shape index (κ2) is 4.11. The van der Waals surface area contributed by atoms with Crippen LogP contribution in [0, 0.1) is 0 Å². The Labute approximate surface area is 101 Å². The molecule has 0 radical (unpaired) electrons. The highest BCUT2D eigenvalue weighted by Crippen LogP contribution is 2.35. The lowest BCUT2D eigenvalue weighted by molar-refractivity contribution is 0.285. The zero-order valence-corrected chi connectivity index (χ0v) is 10.2. The fraction of sp³-hybridized carbons (Fsp3) is 0.538. The topological polar surface area (TPSA) is 53.6 Å². The summed E-state index contributed by atoms with van der Waals surface area (Å²) in [4.78, 5) is 12.3. The van der Waals surface area contributed by atoms with E-state index in [0.717, 1.165) is 49.2 Å². The van der Waals surface area contributed by atoms with Crippen LogP contribution in [-0.4, -0.2) is 28.0 Å². The monoisotopic (exact) mass is 230 g/mol. The van der Waals surface area contributed by atoms with E-state index in [1.54, 1.807) is 6.20 Å². The lowest BCUT2D eigenvalue weighted by Crippen LogP contribution is -2.40. The van der Waals surface area contributed by atoms with Crippen LogP contribution >= 0.6 is 0 Å². The molecule has 0 atom stereocenters. The van der Waals surface area contributed by atoms with Gasteiger partial charge in [0.1, 0.15) is 5.82 Å². The number of aromatic amines is 1. The zero-order chi connectivity index (χ0) is 11.7. The van der Waals surface area contributed by atoms with Crippen LogP contribution in [0.15, 0.2) is 18.5 Å². The molecule has 2 aromatic heterocycles. The third kappa shape index (κ3) is 1.72. The van der Waals surface area contributed by atoms with E-state index in [0.29, 0.717) is 0 Å². The van der Waals surface area contributed by atoms with Gasteiger partial charge in [-0.15, -0.1) is 0 Å². The second-order valence-electron chi connectivity index (χ2n) is 4.86. The number of pyridine rings is 1. The van der Waals surface area contributed by atoms with Crippen LogP contribution in [0.25, 0.3) is 11.0 Å². The van der Waals surface area contributed by atoms with Gasteiger partial charge in [0.05, 0.1) is 17.2 Å². The fourth-order valence-corrected chi connectivity index (χ4v) is 2.77. The molecule has 90 valence electrons. The van der Waals surface area contributed by atoms with Gasteiger partial charge in [0, 0.05) is 11.6 Å². The Morgan fingerprint density at radius 2 is 2.18 bits per heavy atom. The van der Waals surface area contributed by atoms with Gasteiger partial charge >= 0.3 is 0 Å². The summed E-state index contributed by atoms with van der Waals surface area (Å²) in [6.07, 6.45) is 7.12. The molecule has 0 saturated carbocycles. The van der Waals surface area contributed by atoms with Gasteiger partial charge in [-0.3, -0.25) is 4.98 Å². The largest absolute Gasteiger partial charge is 0.340 e. The Morgan fingerprint density at radius 3 is 2.88 bits per heavy atom. The maximum absolute atomic E-state index is 4.76. The predicted octanol–water partition coefficient (Wildman–Crippen LogP) is 1.99. The summed E-state index contributed by atoms with van der Waals surface area (Å²) in [5.41, 5.74) is 2.31. The molecule has 0 spiro atoms. The Kier molecular flexibility index (Phi) is 2.59. The Hall–Kier alpha value is -1.42. The van der Waals surface area contributed by atoms with Gasteiger partial charge in [-0.25, -0.2) is 4.98 Å². The molecule has 3 heterocycles. The molecule has 0 aliphatic carbocycles. The number of H-pyrrole nitrogens is 1. The van der Waals surface area contributed by atoms with E-state index < -0.39 is 0 Å². The number of hydrogen-bond donors (Lipinski definition) is 2. The van der Waals surface area contributed by atoms with E-state index in [2.05, 4.69) is 22.2 Å². The number of nitrogens with zero attached hydrogens (tertiary/aromatic N) is 2. The first-order valence-corrected chi connectivity index (χ1v) is 6.35. The van der Waals surface area contributed by atoms with Gasteiger partial charge in [-0.2, -0.15) is 0 Å². The minimum Gasteiger partial charge on any atom is -0.340 e. The molecule has 1 fully saturated rings. The standard InChI is InChI=1S/C13H18N4/c1-2-13(4-7-14-8-5-13)12-16-10-3-6-15-9-11(10)17-12/h3,6,9,14H,2,4-5,7-8H2,1H3,(H,16,17). The lowest BCUT2D eigenvalue weighted by atomic mass is 9.76. The van der Waals surface area contributed by atoms with Gasteiger partial charge in [0.15, 0.2) is 0 Å². The molecule has 1 saturated heterocycles. The Balaban J connectivity index is 2.05. The highest BCUT2D eigenvalue weighted by molar-refractivity contribution is 5.73. The molecule has 2 N–H and O–H groups in total. The van der Waals surface area contributed by atoms with Crippen LogP contribution < -0.4 is 5.32 Å². The van der Waals surface area contributed by atoms with Gasteiger partial charge in [0.25, 0.3) is 0 Å². The van der Waals surface area contributed by atoms with E-state index in [4.69, 9.17) is 4.98 Å². The van der Waals surface area contributed by atoms with Crippen LogP contribution in [0.4, 0.5) is 0 Å². The molecule has 0 bridgehead atoms. The fourth-order valence-electron chi connectivity index (χ4n) is 2.77. The van der Waals surface area contributed by atoms with Crippen molar-refractivity contribution < 1.29 is 0 Å². The number of fused-ring (bicyclic) bond motifs is 1. The number of hydrogen-bond acceptors (Lipinski definition) is 3. The van der Waals surface area contributed by atoms with E-state index in [-0.39, 0.29) is 5.41 Å². The molecule has 0 amide bonds. The van der Waals surface area contributed by atoms with Crippen LogP contribution in [0.5, 0.6) is 0 Å². The van der Waals surface area contributed by atoms with Crippen LogP contribution in [0.1, 0.15) is 32.0 Å². The van der Waals surface area contributed by atoms with E-state index >= 15 is 0 Å². The highest BCUT2D eigenvalue weighted by Gasteiger charge is 2.34. The third-order valence-electron chi connectivity index (χ3n) is 4.02. The maximum atomic E-state index is 4.76. The first-order chi connectivity index (χ1) is 8.34. The van der Waals surface area contributed by atoms with Crippen molar-refractivity contribution in [1.29, 1.82) is 0 Å². The summed E-state index contributed by atoms with van der Waals surface area (Å²) in [6.45, 7) is 4.43. The summed E-state index contributed by atoms with van der Waals surface area (Å²) < 4.78 is 0. The summed E-state index contributed by atoms with van der Waals surface area (Å²) in [5, 5.41) is 3.42. The minimum absolute atomic E-state index is 0.226. The smallest absolute Gasteiger partial charge is 0.113 e. The number of aromatic nitrogens is 3. The van der Waals surface area contributed by atoms with E-state index in [1.165, 1.54) is 0 Å². The van der Waals surface area contributed by atoms with Crippen LogP contribution in [0.2, 0.25) is 0 Å². The van der Waals surface area contributed by atoms with Crippen molar-refractivity contribution >= 4 is 11.0 Å². The van der Waals surface area contributed by atoms with Crippen molar-refractivity contribution in [3.63, 3.8) is 0 Å². The lowest BCUT2D eigenvalue weighted by Gasteiger charge is -2.35. The van der Waals surface area contributed by atoms with Crippen molar-refractivity contribution in [2.24, 2.45) is 0 Å². The first kappa shape index (κ1) is 10.7. The van der Waals surface area contributed by atoms with Crippen LogP contribution in [-0.2, 0) is 5.41 Å². The van der Waals surface area contributed by atoms with E-state index in [1.807, 2.05) is 12.3 Å². The summed E-state index contributed by atoms with van der Waals surface area (Å²) in [7, 11) is 0. The van der Waals surface area contributed by atoms with E-state index in [9.17, 15) is 0 Å². The van der Waals surface area contributed by atoms with Crippen molar-refractivity contribution in [3.8, 4) is 0 Å². The molecule has 2 aromatic rings. The quantitative estimate of drug-likeness (QED) is 0.829. The first-order valence-electron chi connectivity index (χ1n) is 6.35. The number of piperidine rings is 1. The van der Waals surface area contributed by atoms with Crippen LogP contribution in [0.3, 0.4) is 0 Å². The molecule has 1 aliphatic heterocycles. The van der Waals surface area contributed by atoms with Crippen molar-refractivity contribution in [2.45, 2.75) is 31.6 Å². The molecule has 17 heavy (non-hydrogen) atoms. The van der Waals surface area contributed by atoms with Gasteiger partial charge in [0.2, 0.25) is 0 Å². The molecular formula is C13H18N4. The zero-order valence-electron chi connectivity index (χ0n) is 10.2. The normalized spacial score (nSPS) is 19.6. The number of imidazole rings is 1. The predicted molar refractivity (Wildman–Crippen MR) is 68.0 cm³/mol. The molecule has 4 nitrogen and oxygen atoms in total. The molecule has 4 heteroatoms. The van der Waals surface area contributed by atoms with Crippen molar-refractivity contribution in [3.05, 3.63) is 24.3 Å². The van der Waals surface area contributed by atoms with Gasteiger partial charge < -0.3 is 10.3 Å². The second-order valence-corrected chi connectivity index (χ2v) is 4.86. The Bertz CT molecular complexity index is 478. The third-order valence-corrected chi connectivity index (χ3v) is 4.02. The van der Waals surface area contributed by atoms with Gasteiger partial charge in [-0.1, -0.05) is 6.92 Å². The number of nitrogens with one attached hydrogen (secondary N) is 2. The summed E-state index contributed by atoms with van der Waals surface area (Å²) in [6, 6.07) is 1.97. The molecule has 3 rings (SSSR count). The molecular weight excluding hydrogens is 212 g/mol. The van der Waals surface area contributed by atoms with Crippen molar-refractivity contribution in [2.75, 3.05) is 13.1 Å².